The minimum atomic E-state index is -0.646. The third-order valence-corrected chi connectivity index (χ3v) is 2.66. The molecule has 2 heteroatoms. The van der Waals surface area contributed by atoms with Gasteiger partial charge in [0.25, 0.3) is 0 Å². The van der Waals surface area contributed by atoms with E-state index >= 15 is 0 Å². The van der Waals surface area contributed by atoms with Gasteiger partial charge in [0, 0.05) is 5.56 Å². The summed E-state index contributed by atoms with van der Waals surface area (Å²) in [6.07, 6.45) is 5.16. The lowest BCUT2D eigenvalue weighted by atomic mass is 9.87. The van der Waals surface area contributed by atoms with Gasteiger partial charge < -0.3 is 0 Å². The van der Waals surface area contributed by atoms with Gasteiger partial charge in [0.15, 0.2) is 11.6 Å². The predicted octanol–water partition coefficient (Wildman–Crippen LogP) is 2.57. The zero-order chi connectivity index (χ0) is 11.5. The van der Waals surface area contributed by atoms with Gasteiger partial charge >= 0.3 is 0 Å². The van der Waals surface area contributed by atoms with Gasteiger partial charge in [-0.15, -0.1) is 0 Å². The lowest BCUT2D eigenvalue weighted by Gasteiger charge is -2.13. The topological polar surface area (TPSA) is 34.1 Å². The van der Waals surface area contributed by atoms with E-state index in [-0.39, 0.29) is 11.6 Å². The van der Waals surface area contributed by atoms with Crippen LogP contribution in [0.4, 0.5) is 0 Å². The Labute approximate surface area is 94.3 Å². The van der Waals surface area contributed by atoms with Gasteiger partial charge in [-0.1, -0.05) is 48.6 Å². The van der Waals surface area contributed by atoms with Crippen molar-refractivity contribution in [3.05, 3.63) is 59.7 Å². The highest BCUT2D eigenvalue weighted by Crippen LogP contribution is 2.18. The van der Waals surface area contributed by atoms with E-state index in [2.05, 4.69) is 0 Å². The second-order valence-corrected chi connectivity index (χ2v) is 3.81. The van der Waals surface area contributed by atoms with E-state index < -0.39 is 5.92 Å². The number of benzene rings is 1. The molecule has 16 heavy (non-hydrogen) atoms. The van der Waals surface area contributed by atoms with Gasteiger partial charge in [-0.05, 0) is 12.5 Å². The molecule has 2 nitrogen and oxygen atoms in total. The van der Waals surface area contributed by atoms with Crippen LogP contribution in [-0.2, 0) is 4.79 Å². The molecule has 0 N–H and O–H groups in total. The standard InChI is InChI=1S/C14H12O2/c1-10-6-5-9-12(13(10)15)14(16)11-7-3-2-4-8-11/h2-9,12H,1H3. The van der Waals surface area contributed by atoms with Crippen LogP contribution in [-0.4, -0.2) is 11.6 Å². The Morgan fingerprint density at radius 2 is 1.88 bits per heavy atom. The number of hydrogen-bond donors (Lipinski definition) is 0. The Bertz CT molecular complexity index is 481. The van der Waals surface area contributed by atoms with Crippen molar-refractivity contribution in [1.29, 1.82) is 0 Å². The van der Waals surface area contributed by atoms with Gasteiger partial charge in [-0.25, -0.2) is 0 Å². The monoisotopic (exact) mass is 212 g/mol. The maximum atomic E-state index is 12.1. The molecule has 1 unspecified atom stereocenters. The van der Waals surface area contributed by atoms with Crippen molar-refractivity contribution >= 4 is 11.6 Å². The van der Waals surface area contributed by atoms with E-state index in [0.29, 0.717) is 11.1 Å². The molecule has 1 atom stereocenters. The van der Waals surface area contributed by atoms with Gasteiger partial charge in [-0.3, -0.25) is 9.59 Å². The third kappa shape index (κ3) is 1.87. The van der Waals surface area contributed by atoms with E-state index in [1.54, 1.807) is 49.4 Å². The maximum absolute atomic E-state index is 12.1. The van der Waals surface area contributed by atoms with Crippen molar-refractivity contribution in [2.45, 2.75) is 6.92 Å². The van der Waals surface area contributed by atoms with E-state index in [1.165, 1.54) is 0 Å². The number of carbonyl (C=O) groups is 2. The fourth-order valence-electron chi connectivity index (χ4n) is 1.71. The molecule has 0 saturated heterocycles. The second kappa shape index (κ2) is 4.27. The van der Waals surface area contributed by atoms with Crippen molar-refractivity contribution in [2.75, 3.05) is 0 Å². The number of carbonyl (C=O) groups excluding carboxylic acids is 2. The van der Waals surface area contributed by atoms with Crippen LogP contribution in [0.1, 0.15) is 17.3 Å². The highest BCUT2D eigenvalue weighted by molar-refractivity contribution is 6.17. The van der Waals surface area contributed by atoms with Crippen LogP contribution in [0.2, 0.25) is 0 Å². The molecule has 1 aliphatic carbocycles. The van der Waals surface area contributed by atoms with Crippen LogP contribution in [0.3, 0.4) is 0 Å². The van der Waals surface area contributed by atoms with Crippen LogP contribution in [0.5, 0.6) is 0 Å². The summed E-state index contributed by atoms with van der Waals surface area (Å²) >= 11 is 0. The SMILES string of the molecule is CC1=CC=CC(C(=O)c2ccccc2)C1=O. The van der Waals surface area contributed by atoms with Crippen LogP contribution in [0.15, 0.2) is 54.1 Å². The fourth-order valence-corrected chi connectivity index (χ4v) is 1.71. The average Bonchev–Trinajstić information content (AvgIpc) is 2.33. The minimum absolute atomic E-state index is 0.101. The zero-order valence-corrected chi connectivity index (χ0v) is 9.01. The highest BCUT2D eigenvalue weighted by Gasteiger charge is 2.27. The first kappa shape index (κ1) is 10.6. The number of Topliss-reactive ketones (excluding diaryl/α,β-unsaturated/α-hetero) is 2. The first-order valence-electron chi connectivity index (χ1n) is 5.18. The largest absolute Gasteiger partial charge is 0.293 e. The van der Waals surface area contributed by atoms with Crippen molar-refractivity contribution < 1.29 is 9.59 Å². The van der Waals surface area contributed by atoms with Gasteiger partial charge in [0.05, 0.1) is 0 Å². The minimum Gasteiger partial charge on any atom is -0.293 e. The Morgan fingerprint density at radius 1 is 1.19 bits per heavy atom. The van der Waals surface area contributed by atoms with Crippen molar-refractivity contribution in [2.24, 2.45) is 5.92 Å². The molecule has 0 amide bonds. The molecule has 0 radical (unpaired) electrons. The predicted molar refractivity (Wildman–Crippen MR) is 62.2 cm³/mol. The molecule has 0 bridgehead atoms. The number of allylic oxidation sites excluding steroid dienone is 4. The van der Waals surface area contributed by atoms with Crippen LogP contribution >= 0.6 is 0 Å². The van der Waals surface area contributed by atoms with Gasteiger partial charge in [0.1, 0.15) is 5.92 Å². The van der Waals surface area contributed by atoms with E-state index in [4.69, 9.17) is 0 Å². The third-order valence-electron chi connectivity index (χ3n) is 2.66. The summed E-state index contributed by atoms with van der Waals surface area (Å²) in [5.74, 6) is -0.877. The molecular weight excluding hydrogens is 200 g/mol. The van der Waals surface area contributed by atoms with Crippen LogP contribution < -0.4 is 0 Å². The molecule has 2 rings (SSSR count). The summed E-state index contributed by atoms with van der Waals surface area (Å²) in [5, 5.41) is 0. The Hall–Kier alpha value is -1.96. The summed E-state index contributed by atoms with van der Waals surface area (Å²) in [7, 11) is 0. The molecule has 0 aromatic heterocycles. The quantitative estimate of drug-likeness (QED) is 0.557. The van der Waals surface area contributed by atoms with Gasteiger partial charge in [-0.2, -0.15) is 0 Å². The first-order chi connectivity index (χ1) is 7.70. The summed E-state index contributed by atoms with van der Waals surface area (Å²) in [4.78, 5) is 23.9. The average molecular weight is 212 g/mol. The molecule has 1 aromatic carbocycles. The smallest absolute Gasteiger partial charge is 0.177 e. The van der Waals surface area contributed by atoms with Crippen LogP contribution in [0.25, 0.3) is 0 Å². The molecule has 0 spiro atoms. The second-order valence-electron chi connectivity index (χ2n) is 3.81. The molecule has 0 aliphatic heterocycles. The molecule has 0 fully saturated rings. The van der Waals surface area contributed by atoms with Crippen molar-refractivity contribution in [3.8, 4) is 0 Å². The summed E-state index contributed by atoms with van der Waals surface area (Å²) < 4.78 is 0. The zero-order valence-electron chi connectivity index (χ0n) is 9.01. The van der Waals surface area contributed by atoms with Gasteiger partial charge in [0.2, 0.25) is 0 Å². The van der Waals surface area contributed by atoms with E-state index in [9.17, 15) is 9.59 Å². The number of rotatable bonds is 2. The lowest BCUT2D eigenvalue weighted by molar-refractivity contribution is -0.116. The Kier molecular flexibility index (Phi) is 2.82. The van der Waals surface area contributed by atoms with E-state index in [0.717, 1.165) is 0 Å². The number of hydrogen-bond acceptors (Lipinski definition) is 2. The Morgan fingerprint density at radius 3 is 2.56 bits per heavy atom. The summed E-state index contributed by atoms with van der Waals surface area (Å²) in [6.45, 7) is 1.73. The van der Waals surface area contributed by atoms with Crippen LogP contribution in [0, 0.1) is 5.92 Å². The highest BCUT2D eigenvalue weighted by atomic mass is 16.2. The molecular formula is C14H12O2. The summed E-state index contributed by atoms with van der Waals surface area (Å²) in [5.41, 5.74) is 1.22. The lowest BCUT2D eigenvalue weighted by Crippen LogP contribution is -2.24. The fraction of sp³-hybridized carbons (Fsp3) is 0.143. The molecule has 0 saturated carbocycles. The van der Waals surface area contributed by atoms with Crippen molar-refractivity contribution in [1.82, 2.24) is 0 Å². The first-order valence-corrected chi connectivity index (χ1v) is 5.18. The maximum Gasteiger partial charge on any atom is 0.177 e. The molecule has 1 aliphatic rings. The van der Waals surface area contributed by atoms with Crippen molar-refractivity contribution in [3.63, 3.8) is 0 Å². The molecule has 0 heterocycles. The number of ketones is 2. The molecule has 80 valence electrons. The molecule has 1 aromatic rings. The normalized spacial score (nSPS) is 19.4. The Balaban J connectivity index is 2.28. The van der Waals surface area contributed by atoms with E-state index in [1.807, 2.05) is 6.07 Å². The summed E-state index contributed by atoms with van der Waals surface area (Å²) in [6, 6.07) is 8.91.